The van der Waals surface area contributed by atoms with Crippen LogP contribution in [0.15, 0.2) is 103 Å². The second-order valence-electron chi connectivity index (χ2n) is 7.81. The molecule has 3 nitrogen and oxygen atoms in total. The van der Waals surface area contributed by atoms with Crippen molar-refractivity contribution < 1.29 is 4.74 Å². The van der Waals surface area contributed by atoms with Crippen molar-refractivity contribution in [3.63, 3.8) is 0 Å². The first-order valence-corrected chi connectivity index (χ1v) is 10.6. The molecule has 3 heteroatoms. The summed E-state index contributed by atoms with van der Waals surface area (Å²) in [6, 6.07) is 33.7. The molecular weight excluding hydrogens is 392 g/mol. The number of rotatable bonds is 3. The van der Waals surface area contributed by atoms with Crippen LogP contribution in [0.5, 0.6) is 5.75 Å². The normalized spacial score (nSPS) is 11.3. The van der Waals surface area contributed by atoms with E-state index in [4.69, 9.17) is 9.72 Å². The monoisotopic (exact) mass is 412 g/mol. The first-order chi connectivity index (χ1) is 15.8. The minimum atomic E-state index is 0.853. The largest absolute Gasteiger partial charge is 0.497 e. The van der Waals surface area contributed by atoms with Crippen LogP contribution in [0.4, 0.5) is 0 Å². The van der Waals surface area contributed by atoms with Crippen molar-refractivity contribution >= 4 is 32.4 Å². The maximum atomic E-state index is 5.38. The molecule has 1 aromatic heterocycles. The molecule has 0 radical (unpaired) electrons. The van der Waals surface area contributed by atoms with Gasteiger partial charge in [-0.05, 0) is 50.9 Å². The molecule has 6 rings (SSSR count). The minimum absolute atomic E-state index is 0.853. The molecule has 0 saturated carbocycles. The molecular formula is C29H20N2O. The lowest BCUT2D eigenvalue weighted by Gasteiger charge is -2.18. The van der Waals surface area contributed by atoms with Gasteiger partial charge in [-0.25, -0.2) is 9.97 Å². The number of ether oxygens (including phenoxy) is 1. The Kier molecular flexibility index (Phi) is 4.32. The first kappa shape index (κ1) is 18.5. The highest BCUT2D eigenvalue weighted by molar-refractivity contribution is 6.22. The molecule has 0 N–H and O–H groups in total. The fraction of sp³-hybridized carbons (Fsp3) is 0.0345. The maximum Gasteiger partial charge on any atom is 0.118 e. The number of para-hydroxylation sites is 1. The van der Waals surface area contributed by atoms with E-state index in [1.807, 2.05) is 30.3 Å². The highest BCUT2D eigenvalue weighted by atomic mass is 16.5. The van der Waals surface area contributed by atoms with Crippen LogP contribution < -0.4 is 4.74 Å². The third kappa shape index (κ3) is 2.83. The minimum Gasteiger partial charge on any atom is -0.497 e. The molecule has 0 spiro atoms. The zero-order valence-corrected chi connectivity index (χ0v) is 17.6. The van der Waals surface area contributed by atoms with Crippen molar-refractivity contribution in [3.8, 4) is 28.1 Å². The fourth-order valence-electron chi connectivity index (χ4n) is 4.66. The van der Waals surface area contributed by atoms with Gasteiger partial charge < -0.3 is 4.74 Å². The Bertz CT molecular complexity index is 1540. The van der Waals surface area contributed by atoms with Gasteiger partial charge in [0.2, 0.25) is 0 Å². The standard InChI is InChI=1S/C29H20N2O/c1-32-20-16-14-19(15-17-20)27-21-8-2-4-10-23(21)28(24-11-5-3-9-22(24)27)29-25-12-6-7-13-26(25)30-18-31-29/h2-18H,1H3. The van der Waals surface area contributed by atoms with Gasteiger partial charge in [0.05, 0.1) is 18.3 Å². The molecule has 0 bridgehead atoms. The van der Waals surface area contributed by atoms with Gasteiger partial charge in [0, 0.05) is 10.9 Å². The SMILES string of the molecule is COc1ccc(-c2c3ccccc3c(-c3ncnc4ccccc34)c3ccccc23)cc1. The number of methoxy groups -OCH3 is 1. The van der Waals surface area contributed by atoms with Crippen molar-refractivity contribution in [1.82, 2.24) is 9.97 Å². The third-order valence-corrected chi connectivity index (χ3v) is 6.09. The van der Waals surface area contributed by atoms with E-state index in [1.54, 1.807) is 13.4 Å². The Morgan fingerprint density at radius 1 is 0.531 bits per heavy atom. The Labute approximate surface area is 186 Å². The van der Waals surface area contributed by atoms with E-state index in [2.05, 4.69) is 71.7 Å². The topological polar surface area (TPSA) is 35.0 Å². The second kappa shape index (κ2) is 7.47. The Morgan fingerprint density at radius 3 is 1.66 bits per heavy atom. The summed E-state index contributed by atoms with van der Waals surface area (Å²) in [4.78, 5) is 9.26. The molecule has 0 aliphatic rings. The molecule has 0 saturated heterocycles. The molecule has 6 aromatic rings. The van der Waals surface area contributed by atoms with E-state index in [-0.39, 0.29) is 0 Å². The van der Waals surface area contributed by atoms with E-state index >= 15 is 0 Å². The number of fused-ring (bicyclic) bond motifs is 3. The summed E-state index contributed by atoms with van der Waals surface area (Å²) in [6.45, 7) is 0. The van der Waals surface area contributed by atoms with Gasteiger partial charge in [0.15, 0.2) is 0 Å². The lowest BCUT2D eigenvalue weighted by Crippen LogP contribution is -1.94. The van der Waals surface area contributed by atoms with Crippen LogP contribution in [0.3, 0.4) is 0 Å². The fourth-order valence-corrected chi connectivity index (χ4v) is 4.66. The van der Waals surface area contributed by atoms with E-state index < -0.39 is 0 Å². The Balaban J connectivity index is 1.78. The lowest BCUT2D eigenvalue weighted by atomic mass is 9.86. The zero-order valence-electron chi connectivity index (χ0n) is 17.6. The summed E-state index contributed by atoms with van der Waals surface area (Å²) in [6.07, 6.45) is 1.67. The smallest absolute Gasteiger partial charge is 0.118 e. The summed E-state index contributed by atoms with van der Waals surface area (Å²) in [5.74, 6) is 0.853. The van der Waals surface area contributed by atoms with Crippen molar-refractivity contribution in [1.29, 1.82) is 0 Å². The molecule has 1 heterocycles. The lowest BCUT2D eigenvalue weighted by molar-refractivity contribution is 0.415. The summed E-state index contributed by atoms with van der Waals surface area (Å²) in [7, 11) is 1.70. The van der Waals surface area contributed by atoms with Crippen LogP contribution >= 0.6 is 0 Å². The van der Waals surface area contributed by atoms with Crippen LogP contribution in [0.1, 0.15) is 0 Å². The van der Waals surface area contributed by atoms with Crippen molar-refractivity contribution in [2.75, 3.05) is 7.11 Å². The van der Waals surface area contributed by atoms with E-state index in [1.165, 1.54) is 27.1 Å². The molecule has 0 fully saturated rings. The van der Waals surface area contributed by atoms with E-state index in [9.17, 15) is 0 Å². The molecule has 0 unspecified atom stereocenters. The molecule has 32 heavy (non-hydrogen) atoms. The predicted octanol–water partition coefficient (Wildman–Crippen LogP) is 7.28. The van der Waals surface area contributed by atoms with Gasteiger partial charge in [-0.3, -0.25) is 0 Å². The molecule has 5 aromatic carbocycles. The molecule has 0 atom stereocenters. The number of nitrogens with zero attached hydrogens (tertiary/aromatic N) is 2. The van der Waals surface area contributed by atoms with E-state index in [0.29, 0.717) is 0 Å². The average molecular weight is 412 g/mol. The average Bonchev–Trinajstić information content (AvgIpc) is 2.87. The van der Waals surface area contributed by atoms with Crippen LogP contribution in [0.25, 0.3) is 54.8 Å². The zero-order chi connectivity index (χ0) is 21.5. The second-order valence-corrected chi connectivity index (χ2v) is 7.81. The van der Waals surface area contributed by atoms with Gasteiger partial charge in [-0.1, -0.05) is 78.9 Å². The summed E-state index contributed by atoms with van der Waals surface area (Å²) in [5, 5.41) is 5.83. The molecule has 0 aliphatic carbocycles. The summed E-state index contributed by atoms with van der Waals surface area (Å²) >= 11 is 0. The van der Waals surface area contributed by atoms with Gasteiger partial charge in [-0.2, -0.15) is 0 Å². The van der Waals surface area contributed by atoms with Gasteiger partial charge >= 0.3 is 0 Å². The van der Waals surface area contributed by atoms with Gasteiger partial charge in [-0.15, -0.1) is 0 Å². The van der Waals surface area contributed by atoms with Crippen LogP contribution in [-0.4, -0.2) is 17.1 Å². The highest BCUT2D eigenvalue weighted by Crippen LogP contribution is 2.44. The summed E-state index contributed by atoms with van der Waals surface area (Å²) in [5.41, 5.74) is 5.44. The number of benzene rings is 5. The first-order valence-electron chi connectivity index (χ1n) is 10.6. The molecule has 0 amide bonds. The quantitative estimate of drug-likeness (QED) is 0.287. The van der Waals surface area contributed by atoms with Crippen molar-refractivity contribution in [2.45, 2.75) is 0 Å². The Hall–Kier alpha value is -4.24. The van der Waals surface area contributed by atoms with Gasteiger partial charge in [0.25, 0.3) is 0 Å². The molecule has 0 aliphatic heterocycles. The molecule has 152 valence electrons. The van der Waals surface area contributed by atoms with Gasteiger partial charge in [0.1, 0.15) is 12.1 Å². The number of aromatic nitrogens is 2. The van der Waals surface area contributed by atoms with E-state index in [0.717, 1.165) is 33.5 Å². The van der Waals surface area contributed by atoms with Crippen molar-refractivity contribution in [3.05, 3.63) is 103 Å². The third-order valence-electron chi connectivity index (χ3n) is 6.09. The van der Waals surface area contributed by atoms with Crippen molar-refractivity contribution in [2.24, 2.45) is 0 Å². The predicted molar refractivity (Wildman–Crippen MR) is 132 cm³/mol. The highest BCUT2D eigenvalue weighted by Gasteiger charge is 2.18. The van der Waals surface area contributed by atoms with Crippen LogP contribution in [0.2, 0.25) is 0 Å². The number of hydrogen-bond donors (Lipinski definition) is 0. The van der Waals surface area contributed by atoms with Crippen LogP contribution in [-0.2, 0) is 0 Å². The Morgan fingerprint density at radius 2 is 1.06 bits per heavy atom. The van der Waals surface area contributed by atoms with Crippen LogP contribution in [0, 0.1) is 0 Å². The summed E-state index contributed by atoms with van der Waals surface area (Å²) < 4.78 is 5.38. The maximum absolute atomic E-state index is 5.38. The number of hydrogen-bond acceptors (Lipinski definition) is 3.